The zero-order chi connectivity index (χ0) is 20.2. The molecule has 3 aromatic rings. The van der Waals surface area contributed by atoms with Crippen molar-refractivity contribution < 1.29 is 4.39 Å². The summed E-state index contributed by atoms with van der Waals surface area (Å²) in [6.07, 6.45) is 8.58. The highest BCUT2D eigenvalue weighted by molar-refractivity contribution is 7.98. The number of rotatable bonds is 6. The Balaban J connectivity index is 1.76. The van der Waals surface area contributed by atoms with Crippen molar-refractivity contribution in [3.05, 3.63) is 60.4 Å². The van der Waals surface area contributed by atoms with Gasteiger partial charge < -0.3 is 0 Å². The Bertz CT molecular complexity index is 925. The maximum atomic E-state index is 13.6. The molecule has 0 bridgehead atoms. The van der Waals surface area contributed by atoms with Crippen LogP contribution in [0.25, 0.3) is 22.4 Å². The molecular weight excluding hydrogens is 379 g/mol. The van der Waals surface area contributed by atoms with Crippen LogP contribution >= 0.6 is 11.8 Å². The Morgan fingerprint density at radius 3 is 2.21 bits per heavy atom. The van der Waals surface area contributed by atoms with Crippen LogP contribution in [0.4, 0.5) is 4.39 Å². The summed E-state index contributed by atoms with van der Waals surface area (Å²) < 4.78 is 15.8. The Labute approximate surface area is 177 Å². The summed E-state index contributed by atoms with van der Waals surface area (Å²) in [4.78, 5) is 0. The van der Waals surface area contributed by atoms with Crippen molar-refractivity contribution in [3.8, 4) is 22.4 Å². The average molecular weight is 409 g/mol. The zero-order valence-corrected chi connectivity index (χ0v) is 18.1. The van der Waals surface area contributed by atoms with Gasteiger partial charge in [-0.05, 0) is 60.8 Å². The first-order chi connectivity index (χ1) is 14.2. The minimum absolute atomic E-state index is 0.205. The molecule has 1 heterocycles. The molecule has 0 amide bonds. The van der Waals surface area contributed by atoms with E-state index in [1.807, 2.05) is 18.2 Å². The second-order valence-corrected chi connectivity index (χ2v) is 8.88. The van der Waals surface area contributed by atoms with E-state index < -0.39 is 0 Å². The molecule has 1 aromatic heterocycles. The largest absolute Gasteiger partial charge is 0.263 e. The first-order valence-electron chi connectivity index (χ1n) is 10.7. The van der Waals surface area contributed by atoms with Crippen LogP contribution < -0.4 is 0 Å². The van der Waals surface area contributed by atoms with Crippen LogP contribution in [0.15, 0.2) is 59.6 Å². The molecule has 152 valence electrons. The van der Waals surface area contributed by atoms with Crippen molar-refractivity contribution in [1.29, 1.82) is 0 Å². The van der Waals surface area contributed by atoms with E-state index >= 15 is 0 Å². The molecule has 1 fully saturated rings. The normalized spacial score (nSPS) is 19.4. The Kier molecular flexibility index (Phi) is 6.39. The third-order valence-electron chi connectivity index (χ3n) is 6.27. The second-order valence-electron chi connectivity index (χ2n) is 8.08. The van der Waals surface area contributed by atoms with Gasteiger partial charge in [-0.15, -0.1) is 11.8 Å². The van der Waals surface area contributed by atoms with Gasteiger partial charge in [0.15, 0.2) is 0 Å². The number of nitrogens with zero attached hydrogens (tertiary/aromatic N) is 2. The molecule has 0 saturated heterocycles. The van der Waals surface area contributed by atoms with Crippen molar-refractivity contribution in [1.82, 2.24) is 9.78 Å². The molecule has 4 rings (SSSR count). The van der Waals surface area contributed by atoms with E-state index in [-0.39, 0.29) is 5.82 Å². The Morgan fingerprint density at radius 2 is 1.59 bits per heavy atom. The second kappa shape index (κ2) is 9.17. The quantitative estimate of drug-likeness (QED) is 0.398. The number of hydrogen-bond donors (Lipinski definition) is 0. The number of aromatic nitrogens is 2. The number of hydrogen-bond acceptors (Lipinski definition) is 2. The molecule has 0 radical (unpaired) electrons. The van der Waals surface area contributed by atoms with Crippen LogP contribution in [0, 0.1) is 17.7 Å². The predicted octanol–water partition coefficient (Wildman–Crippen LogP) is 7.29. The fourth-order valence-electron chi connectivity index (χ4n) is 4.55. The predicted molar refractivity (Wildman–Crippen MR) is 121 cm³/mol. The summed E-state index contributed by atoms with van der Waals surface area (Å²) >= 11 is 1.68. The third-order valence-corrected chi connectivity index (χ3v) is 6.94. The lowest BCUT2D eigenvalue weighted by Gasteiger charge is -2.28. The minimum atomic E-state index is -0.205. The van der Waals surface area contributed by atoms with Crippen LogP contribution in [-0.2, 0) is 6.54 Å². The molecule has 29 heavy (non-hydrogen) atoms. The Morgan fingerprint density at radius 1 is 0.931 bits per heavy atom. The van der Waals surface area contributed by atoms with E-state index in [1.165, 1.54) is 32.1 Å². The van der Waals surface area contributed by atoms with Crippen molar-refractivity contribution in [3.63, 3.8) is 0 Å². The molecule has 1 aliphatic rings. The standard InChI is InChI=1S/C25H29FN2S/c1-3-18-9-11-19(12-10-18)17-28-24(21-13-15-22(26)16-14-21)23(25(27-28)29-2)20-7-5-4-6-8-20/h4-8,13-16,18-19H,3,9-12,17H2,1-2H3. The van der Waals surface area contributed by atoms with Gasteiger partial charge in [0, 0.05) is 17.7 Å². The summed E-state index contributed by atoms with van der Waals surface area (Å²) in [7, 11) is 0. The van der Waals surface area contributed by atoms with Crippen LogP contribution in [0.1, 0.15) is 39.0 Å². The van der Waals surface area contributed by atoms with Crippen molar-refractivity contribution in [2.75, 3.05) is 6.26 Å². The van der Waals surface area contributed by atoms with Crippen molar-refractivity contribution in [2.24, 2.45) is 11.8 Å². The highest BCUT2D eigenvalue weighted by Crippen LogP contribution is 2.40. The van der Waals surface area contributed by atoms with Gasteiger partial charge >= 0.3 is 0 Å². The van der Waals surface area contributed by atoms with Crippen molar-refractivity contribution >= 4 is 11.8 Å². The van der Waals surface area contributed by atoms with E-state index in [0.29, 0.717) is 5.92 Å². The number of thioether (sulfide) groups is 1. The lowest BCUT2D eigenvalue weighted by atomic mass is 9.81. The minimum Gasteiger partial charge on any atom is -0.263 e. The summed E-state index contributed by atoms with van der Waals surface area (Å²) in [5, 5.41) is 6.06. The van der Waals surface area contributed by atoms with Gasteiger partial charge in [0.2, 0.25) is 0 Å². The summed E-state index contributed by atoms with van der Waals surface area (Å²) in [6.45, 7) is 3.24. The highest BCUT2D eigenvalue weighted by atomic mass is 32.2. The van der Waals surface area contributed by atoms with Gasteiger partial charge in [0.1, 0.15) is 10.8 Å². The number of halogens is 1. The number of benzene rings is 2. The molecular formula is C25H29FN2S. The van der Waals surface area contributed by atoms with Gasteiger partial charge in [-0.25, -0.2) is 4.39 Å². The summed E-state index contributed by atoms with van der Waals surface area (Å²) in [5.41, 5.74) is 4.46. The molecule has 0 atom stereocenters. The van der Waals surface area contributed by atoms with Crippen LogP contribution in [-0.4, -0.2) is 16.0 Å². The SMILES string of the molecule is CCC1CCC(Cn2nc(SC)c(-c3ccccc3)c2-c2ccc(F)cc2)CC1. The molecule has 2 nitrogen and oxygen atoms in total. The van der Waals surface area contributed by atoms with E-state index in [9.17, 15) is 4.39 Å². The Hall–Kier alpha value is -2.07. The third kappa shape index (κ3) is 4.42. The smallest absolute Gasteiger partial charge is 0.126 e. The summed E-state index contributed by atoms with van der Waals surface area (Å²) in [5.74, 6) is 1.35. The van der Waals surface area contributed by atoms with Gasteiger partial charge in [-0.2, -0.15) is 5.10 Å². The van der Waals surface area contributed by atoms with Gasteiger partial charge in [0.05, 0.1) is 5.69 Å². The van der Waals surface area contributed by atoms with E-state index in [4.69, 9.17) is 5.10 Å². The van der Waals surface area contributed by atoms with Gasteiger partial charge in [-0.3, -0.25) is 4.68 Å². The van der Waals surface area contributed by atoms with Crippen LogP contribution in [0.2, 0.25) is 0 Å². The monoisotopic (exact) mass is 408 g/mol. The fourth-order valence-corrected chi connectivity index (χ4v) is 5.15. The molecule has 0 N–H and O–H groups in total. The molecule has 0 unspecified atom stereocenters. The van der Waals surface area contributed by atoms with E-state index in [2.05, 4.69) is 42.1 Å². The lowest BCUT2D eigenvalue weighted by Crippen LogP contribution is -2.19. The topological polar surface area (TPSA) is 17.8 Å². The molecule has 4 heteroatoms. The fraction of sp³-hybridized carbons (Fsp3) is 0.400. The van der Waals surface area contributed by atoms with E-state index in [1.54, 1.807) is 23.9 Å². The average Bonchev–Trinajstić information content (AvgIpc) is 3.13. The van der Waals surface area contributed by atoms with Gasteiger partial charge in [-0.1, -0.05) is 56.5 Å². The molecule has 0 aliphatic heterocycles. The van der Waals surface area contributed by atoms with Crippen molar-refractivity contribution in [2.45, 2.75) is 50.6 Å². The molecule has 1 aliphatic carbocycles. The first-order valence-corrected chi connectivity index (χ1v) is 11.9. The highest BCUT2D eigenvalue weighted by Gasteiger charge is 2.25. The first kappa shape index (κ1) is 20.2. The zero-order valence-electron chi connectivity index (χ0n) is 17.3. The maximum Gasteiger partial charge on any atom is 0.126 e. The molecule has 1 saturated carbocycles. The van der Waals surface area contributed by atoms with Crippen LogP contribution in [0.3, 0.4) is 0 Å². The maximum absolute atomic E-state index is 13.6. The van der Waals surface area contributed by atoms with E-state index in [0.717, 1.165) is 39.9 Å². The summed E-state index contributed by atoms with van der Waals surface area (Å²) in [6, 6.07) is 17.3. The van der Waals surface area contributed by atoms with Gasteiger partial charge in [0.25, 0.3) is 0 Å². The molecule has 0 spiro atoms. The molecule has 2 aromatic carbocycles. The van der Waals surface area contributed by atoms with Crippen LogP contribution in [0.5, 0.6) is 0 Å². The lowest BCUT2D eigenvalue weighted by molar-refractivity contribution is 0.242.